The van der Waals surface area contributed by atoms with Crippen LogP contribution in [-0.2, 0) is 14.3 Å². The summed E-state index contributed by atoms with van der Waals surface area (Å²) < 4.78 is 4.96. The minimum atomic E-state index is -0.490. The van der Waals surface area contributed by atoms with Crippen LogP contribution in [0, 0.1) is 16.7 Å². The maximum absolute atomic E-state index is 12.4. The van der Waals surface area contributed by atoms with Crippen molar-refractivity contribution in [1.29, 1.82) is 0 Å². The summed E-state index contributed by atoms with van der Waals surface area (Å²) in [5, 5.41) is 0. The summed E-state index contributed by atoms with van der Waals surface area (Å²) in [7, 11) is 1.57. The van der Waals surface area contributed by atoms with Crippen molar-refractivity contribution in [2.24, 2.45) is 22.5 Å². The minimum Gasteiger partial charge on any atom is -0.383 e. The van der Waals surface area contributed by atoms with E-state index in [1.54, 1.807) is 7.11 Å². The summed E-state index contributed by atoms with van der Waals surface area (Å²) in [6.07, 6.45) is 0. The van der Waals surface area contributed by atoms with E-state index in [-0.39, 0.29) is 29.2 Å². The normalized spacial score (nSPS) is 20.5. The fraction of sp³-hybridized carbons (Fsp3) is 0.846. The zero-order chi connectivity index (χ0) is 14.1. The van der Waals surface area contributed by atoms with Gasteiger partial charge in [-0.15, -0.1) is 0 Å². The number of carbonyl (C=O) groups excluding carboxylic acids is 2. The first-order chi connectivity index (χ1) is 8.16. The molecule has 0 saturated heterocycles. The summed E-state index contributed by atoms with van der Waals surface area (Å²) in [4.78, 5) is 25.0. The highest BCUT2D eigenvalue weighted by atomic mass is 16.5. The molecule has 0 aliphatic heterocycles. The fourth-order valence-corrected chi connectivity index (χ4v) is 2.65. The summed E-state index contributed by atoms with van der Waals surface area (Å²) in [6, 6.07) is 0. The summed E-state index contributed by atoms with van der Waals surface area (Å²) in [6.45, 7) is 9.09. The number of hydrogen-bond donors (Lipinski definition) is 1. The van der Waals surface area contributed by atoms with Crippen molar-refractivity contribution in [2.75, 3.05) is 26.8 Å². The van der Waals surface area contributed by atoms with E-state index in [9.17, 15) is 9.59 Å². The van der Waals surface area contributed by atoms with Crippen LogP contribution in [-0.4, -0.2) is 43.5 Å². The van der Waals surface area contributed by atoms with Crippen LogP contribution in [0.3, 0.4) is 0 Å². The van der Waals surface area contributed by atoms with Gasteiger partial charge in [-0.25, -0.2) is 0 Å². The molecule has 1 saturated carbocycles. The van der Waals surface area contributed by atoms with Gasteiger partial charge in [0, 0.05) is 19.6 Å². The molecule has 5 nitrogen and oxygen atoms in total. The molecule has 1 rings (SSSR count). The van der Waals surface area contributed by atoms with E-state index < -0.39 is 5.91 Å². The van der Waals surface area contributed by atoms with Gasteiger partial charge in [-0.1, -0.05) is 27.7 Å². The molecule has 1 aliphatic carbocycles. The lowest BCUT2D eigenvalue weighted by atomic mass is 10.0. The van der Waals surface area contributed by atoms with Gasteiger partial charge in [0.1, 0.15) is 0 Å². The zero-order valence-electron chi connectivity index (χ0n) is 11.9. The molecule has 0 aromatic rings. The molecule has 0 radical (unpaired) electrons. The lowest BCUT2D eigenvalue weighted by molar-refractivity contribution is -0.138. The van der Waals surface area contributed by atoms with Crippen molar-refractivity contribution in [2.45, 2.75) is 27.7 Å². The van der Waals surface area contributed by atoms with Crippen LogP contribution in [0.2, 0.25) is 0 Å². The van der Waals surface area contributed by atoms with E-state index in [1.807, 2.05) is 0 Å². The molecule has 1 aliphatic rings. The smallest absolute Gasteiger partial charge is 0.237 e. The first-order valence-electron chi connectivity index (χ1n) is 6.22. The maximum Gasteiger partial charge on any atom is 0.237 e. The number of primary amides is 1. The molecule has 0 aromatic heterocycles. The van der Waals surface area contributed by atoms with Crippen molar-refractivity contribution in [1.82, 2.24) is 4.90 Å². The van der Waals surface area contributed by atoms with Gasteiger partial charge < -0.3 is 15.4 Å². The van der Waals surface area contributed by atoms with E-state index in [0.29, 0.717) is 13.2 Å². The van der Waals surface area contributed by atoms with Gasteiger partial charge in [-0.2, -0.15) is 0 Å². The third-order valence-electron chi connectivity index (χ3n) is 4.49. The Morgan fingerprint density at radius 3 is 2.06 bits per heavy atom. The highest BCUT2D eigenvalue weighted by Gasteiger charge is 2.68. The molecule has 0 aromatic carbocycles. The molecule has 0 bridgehead atoms. The highest BCUT2D eigenvalue weighted by molar-refractivity contribution is 5.88. The Morgan fingerprint density at radius 1 is 1.22 bits per heavy atom. The largest absolute Gasteiger partial charge is 0.383 e. The van der Waals surface area contributed by atoms with Crippen molar-refractivity contribution in [3.63, 3.8) is 0 Å². The highest BCUT2D eigenvalue weighted by Crippen LogP contribution is 2.68. The molecule has 0 unspecified atom stereocenters. The van der Waals surface area contributed by atoms with Crippen LogP contribution in [0.25, 0.3) is 0 Å². The molecular formula is C13H24N2O3. The topological polar surface area (TPSA) is 72.6 Å². The van der Waals surface area contributed by atoms with Crippen LogP contribution in [0.5, 0.6) is 0 Å². The Bertz CT molecular complexity index is 336. The Labute approximate surface area is 109 Å². The van der Waals surface area contributed by atoms with Crippen LogP contribution in [0.15, 0.2) is 0 Å². The number of methoxy groups -OCH3 is 1. The molecule has 0 spiro atoms. The third kappa shape index (κ3) is 2.51. The number of nitrogens with two attached hydrogens (primary N) is 1. The van der Waals surface area contributed by atoms with Crippen molar-refractivity contribution < 1.29 is 14.3 Å². The summed E-state index contributed by atoms with van der Waals surface area (Å²) in [5.74, 6) is -0.544. The van der Waals surface area contributed by atoms with Crippen molar-refractivity contribution in [3.8, 4) is 0 Å². The number of hydrogen-bond acceptors (Lipinski definition) is 3. The second-order valence-electron chi connectivity index (χ2n) is 6.10. The molecular weight excluding hydrogens is 232 g/mol. The van der Waals surface area contributed by atoms with Gasteiger partial charge in [-0.05, 0) is 10.8 Å². The van der Waals surface area contributed by atoms with Gasteiger partial charge in [0.15, 0.2) is 0 Å². The SMILES string of the molecule is COCCN(CC(N)=O)C(=O)C1C(C)(C)C1(C)C. The second-order valence-corrected chi connectivity index (χ2v) is 6.10. The standard InChI is InChI=1S/C13H24N2O3/c1-12(2)10(13(12,3)4)11(17)15(6-7-18-5)8-9(14)16/h10H,6-8H2,1-5H3,(H2,14,16). The van der Waals surface area contributed by atoms with Gasteiger partial charge in [0.2, 0.25) is 11.8 Å². The molecule has 0 heterocycles. The number of nitrogens with zero attached hydrogens (tertiary/aromatic N) is 1. The monoisotopic (exact) mass is 256 g/mol. The Hall–Kier alpha value is -1.10. The molecule has 2 N–H and O–H groups in total. The van der Waals surface area contributed by atoms with Crippen molar-refractivity contribution in [3.05, 3.63) is 0 Å². The zero-order valence-corrected chi connectivity index (χ0v) is 11.9. The predicted octanol–water partition coefficient (Wildman–Crippen LogP) is 0.629. The Balaban J connectivity index is 2.75. The first-order valence-corrected chi connectivity index (χ1v) is 6.22. The number of amides is 2. The average Bonchev–Trinajstić information content (AvgIpc) is 2.63. The quantitative estimate of drug-likeness (QED) is 0.757. The molecule has 104 valence electrons. The summed E-state index contributed by atoms with van der Waals surface area (Å²) in [5.41, 5.74) is 5.12. The van der Waals surface area contributed by atoms with Gasteiger partial charge >= 0.3 is 0 Å². The number of ether oxygens (including phenoxy) is 1. The van der Waals surface area contributed by atoms with Gasteiger partial charge in [0.05, 0.1) is 13.2 Å². The van der Waals surface area contributed by atoms with E-state index in [2.05, 4.69) is 27.7 Å². The van der Waals surface area contributed by atoms with E-state index in [1.165, 1.54) is 4.90 Å². The van der Waals surface area contributed by atoms with Crippen LogP contribution in [0.1, 0.15) is 27.7 Å². The molecule has 5 heteroatoms. The van der Waals surface area contributed by atoms with Gasteiger partial charge in [0.25, 0.3) is 0 Å². The minimum absolute atomic E-state index is 0.000787. The molecule has 18 heavy (non-hydrogen) atoms. The van der Waals surface area contributed by atoms with Crippen LogP contribution in [0.4, 0.5) is 0 Å². The Morgan fingerprint density at radius 2 is 1.72 bits per heavy atom. The van der Waals surface area contributed by atoms with E-state index in [0.717, 1.165) is 0 Å². The van der Waals surface area contributed by atoms with Crippen molar-refractivity contribution >= 4 is 11.8 Å². The van der Waals surface area contributed by atoms with E-state index >= 15 is 0 Å². The lowest BCUT2D eigenvalue weighted by Gasteiger charge is -2.21. The number of carbonyl (C=O) groups is 2. The molecule has 2 amide bonds. The first kappa shape index (κ1) is 15.0. The fourth-order valence-electron chi connectivity index (χ4n) is 2.65. The number of rotatable bonds is 6. The third-order valence-corrected chi connectivity index (χ3v) is 4.49. The second kappa shape index (κ2) is 4.88. The molecule has 1 fully saturated rings. The lowest BCUT2D eigenvalue weighted by Crippen LogP contribution is -2.42. The predicted molar refractivity (Wildman–Crippen MR) is 68.7 cm³/mol. The average molecular weight is 256 g/mol. The maximum atomic E-state index is 12.4. The van der Waals surface area contributed by atoms with Crippen LogP contribution < -0.4 is 5.73 Å². The Kier molecular flexibility index (Phi) is 4.05. The van der Waals surface area contributed by atoms with E-state index in [4.69, 9.17) is 10.5 Å². The molecule has 0 atom stereocenters. The summed E-state index contributed by atoms with van der Waals surface area (Å²) >= 11 is 0. The van der Waals surface area contributed by atoms with Gasteiger partial charge in [-0.3, -0.25) is 9.59 Å². The van der Waals surface area contributed by atoms with Crippen LogP contribution >= 0.6 is 0 Å².